The summed E-state index contributed by atoms with van der Waals surface area (Å²) in [7, 11) is 1.67. The van der Waals surface area contributed by atoms with E-state index >= 15 is 0 Å². The normalized spacial score (nSPS) is 10.7. The Balaban J connectivity index is 2.34. The third-order valence-corrected chi connectivity index (χ3v) is 2.75. The van der Waals surface area contributed by atoms with Crippen molar-refractivity contribution in [3.8, 4) is 5.75 Å². The summed E-state index contributed by atoms with van der Waals surface area (Å²) >= 11 is 0. The van der Waals surface area contributed by atoms with E-state index < -0.39 is 0 Å². The van der Waals surface area contributed by atoms with Crippen molar-refractivity contribution in [2.24, 2.45) is 0 Å². The summed E-state index contributed by atoms with van der Waals surface area (Å²) in [4.78, 5) is 0. The van der Waals surface area contributed by atoms with Crippen LogP contribution in [0.4, 0.5) is 4.39 Å². The van der Waals surface area contributed by atoms with Crippen LogP contribution in [0.3, 0.4) is 0 Å². The lowest BCUT2D eigenvalue weighted by atomic mass is 10.2. The van der Waals surface area contributed by atoms with Crippen LogP contribution in [0.2, 0.25) is 0 Å². The second-order valence-electron chi connectivity index (χ2n) is 4.49. The highest BCUT2D eigenvalue weighted by Gasteiger charge is 2.04. The van der Waals surface area contributed by atoms with Crippen molar-refractivity contribution in [3.63, 3.8) is 0 Å². The SMILES string of the molecule is CCCNCc1ccc(OCCCCOC)c(F)c1. The van der Waals surface area contributed by atoms with Crippen LogP contribution in [-0.2, 0) is 11.3 Å². The Bertz CT molecular complexity index is 358. The molecule has 0 fully saturated rings. The van der Waals surface area contributed by atoms with Crippen molar-refractivity contribution >= 4 is 0 Å². The molecule has 0 heterocycles. The third kappa shape index (κ3) is 6.55. The van der Waals surface area contributed by atoms with E-state index in [1.165, 1.54) is 6.07 Å². The molecular formula is C15H24FNO2. The number of unbranched alkanes of at least 4 members (excludes halogenated alkanes) is 1. The van der Waals surface area contributed by atoms with Gasteiger partial charge in [-0.15, -0.1) is 0 Å². The minimum absolute atomic E-state index is 0.289. The molecule has 0 radical (unpaired) electrons. The van der Waals surface area contributed by atoms with Crippen molar-refractivity contribution in [2.75, 3.05) is 26.9 Å². The first kappa shape index (κ1) is 15.9. The number of rotatable bonds is 10. The highest BCUT2D eigenvalue weighted by molar-refractivity contribution is 5.29. The number of hydrogen-bond acceptors (Lipinski definition) is 3. The largest absolute Gasteiger partial charge is 0.491 e. The van der Waals surface area contributed by atoms with E-state index in [2.05, 4.69) is 12.2 Å². The smallest absolute Gasteiger partial charge is 0.165 e. The second kappa shape index (κ2) is 9.75. The molecule has 0 aliphatic carbocycles. The number of nitrogens with one attached hydrogen (secondary N) is 1. The predicted molar refractivity (Wildman–Crippen MR) is 75.0 cm³/mol. The zero-order chi connectivity index (χ0) is 13.9. The molecule has 0 aliphatic heterocycles. The Kier molecular flexibility index (Phi) is 8.18. The van der Waals surface area contributed by atoms with Crippen molar-refractivity contribution < 1.29 is 13.9 Å². The van der Waals surface area contributed by atoms with Crippen molar-refractivity contribution in [1.29, 1.82) is 0 Å². The summed E-state index contributed by atoms with van der Waals surface area (Å²) in [5, 5.41) is 3.24. The molecule has 1 rings (SSSR count). The first-order valence-corrected chi connectivity index (χ1v) is 6.88. The number of halogens is 1. The molecule has 0 aromatic heterocycles. The maximum absolute atomic E-state index is 13.8. The Morgan fingerprint density at radius 1 is 1.21 bits per heavy atom. The van der Waals surface area contributed by atoms with Crippen LogP contribution in [0.25, 0.3) is 0 Å². The molecule has 0 spiro atoms. The molecule has 1 N–H and O–H groups in total. The van der Waals surface area contributed by atoms with Crippen molar-refractivity contribution in [2.45, 2.75) is 32.7 Å². The lowest BCUT2D eigenvalue weighted by molar-refractivity contribution is 0.183. The highest BCUT2D eigenvalue weighted by Crippen LogP contribution is 2.18. The molecule has 0 aliphatic rings. The van der Waals surface area contributed by atoms with Gasteiger partial charge in [-0.05, 0) is 43.5 Å². The topological polar surface area (TPSA) is 30.5 Å². The average molecular weight is 269 g/mol. The van der Waals surface area contributed by atoms with Crippen LogP contribution in [0, 0.1) is 5.82 Å². The quantitative estimate of drug-likeness (QED) is 0.662. The van der Waals surface area contributed by atoms with Crippen LogP contribution in [0.15, 0.2) is 18.2 Å². The molecule has 0 bridgehead atoms. The van der Waals surface area contributed by atoms with Gasteiger partial charge in [0.2, 0.25) is 0 Å². The maximum Gasteiger partial charge on any atom is 0.165 e. The average Bonchev–Trinajstić information content (AvgIpc) is 2.41. The Morgan fingerprint density at radius 3 is 2.68 bits per heavy atom. The van der Waals surface area contributed by atoms with Crippen LogP contribution in [0.5, 0.6) is 5.75 Å². The van der Waals surface area contributed by atoms with Gasteiger partial charge in [0.05, 0.1) is 6.61 Å². The molecule has 0 saturated heterocycles. The van der Waals surface area contributed by atoms with E-state index in [-0.39, 0.29) is 5.82 Å². The van der Waals surface area contributed by atoms with Gasteiger partial charge in [-0.2, -0.15) is 0 Å². The molecule has 3 nitrogen and oxygen atoms in total. The van der Waals surface area contributed by atoms with Crippen LogP contribution in [-0.4, -0.2) is 26.9 Å². The molecule has 4 heteroatoms. The molecule has 0 amide bonds. The van der Waals surface area contributed by atoms with Gasteiger partial charge in [-0.25, -0.2) is 4.39 Å². The summed E-state index contributed by atoms with van der Waals surface area (Å²) in [6, 6.07) is 5.14. The fraction of sp³-hybridized carbons (Fsp3) is 0.600. The summed E-state index contributed by atoms with van der Waals surface area (Å²) in [5.41, 5.74) is 0.942. The molecule has 108 valence electrons. The van der Waals surface area contributed by atoms with Gasteiger partial charge in [-0.1, -0.05) is 13.0 Å². The number of methoxy groups -OCH3 is 1. The van der Waals surface area contributed by atoms with Crippen LogP contribution < -0.4 is 10.1 Å². The Morgan fingerprint density at radius 2 is 2.00 bits per heavy atom. The van der Waals surface area contributed by atoms with Crippen LogP contribution >= 0.6 is 0 Å². The van der Waals surface area contributed by atoms with Crippen molar-refractivity contribution in [1.82, 2.24) is 5.32 Å². The predicted octanol–water partition coefficient (Wildman–Crippen LogP) is 3.13. The van der Waals surface area contributed by atoms with E-state index in [0.717, 1.165) is 31.4 Å². The van der Waals surface area contributed by atoms with E-state index in [4.69, 9.17) is 9.47 Å². The van der Waals surface area contributed by atoms with Gasteiger partial charge < -0.3 is 14.8 Å². The Labute approximate surface area is 115 Å². The van der Waals surface area contributed by atoms with E-state index in [0.29, 0.717) is 25.5 Å². The number of ether oxygens (including phenoxy) is 2. The van der Waals surface area contributed by atoms with E-state index in [1.54, 1.807) is 13.2 Å². The monoisotopic (exact) mass is 269 g/mol. The minimum atomic E-state index is -0.289. The number of benzene rings is 1. The molecule has 0 saturated carbocycles. The molecule has 1 aromatic carbocycles. The first-order chi connectivity index (χ1) is 9.27. The lowest BCUT2D eigenvalue weighted by Gasteiger charge is -2.09. The maximum atomic E-state index is 13.8. The van der Waals surface area contributed by atoms with Gasteiger partial charge in [0, 0.05) is 20.3 Å². The fourth-order valence-corrected chi connectivity index (χ4v) is 1.71. The van der Waals surface area contributed by atoms with E-state index in [9.17, 15) is 4.39 Å². The first-order valence-electron chi connectivity index (χ1n) is 6.88. The zero-order valence-electron chi connectivity index (χ0n) is 11.9. The summed E-state index contributed by atoms with van der Waals surface area (Å²) in [5.74, 6) is 0.0409. The van der Waals surface area contributed by atoms with Gasteiger partial charge >= 0.3 is 0 Å². The minimum Gasteiger partial charge on any atom is -0.491 e. The number of hydrogen-bond donors (Lipinski definition) is 1. The van der Waals surface area contributed by atoms with Crippen LogP contribution in [0.1, 0.15) is 31.7 Å². The third-order valence-electron chi connectivity index (χ3n) is 2.75. The fourth-order valence-electron chi connectivity index (χ4n) is 1.71. The zero-order valence-corrected chi connectivity index (χ0v) is 11.9. The van der Waals surface area contributed by atoms with Gasteiger partial charge in [-0.3, -0.25) is 0 Å². The summed E-state index contributed by atoms with van der Waals surface area (Å²) in [6.45, 7) is 4.98. The molecule has 0 unspecified atom stereocenters. The standard InChI is InChI=1S/C15H24FNO2/c1-3-8-17-12-13-6-7-15(14(16)11-13)19-10-5-4-9-18-2/h6-7,11,17H,3-5,8-10,12H2,1-2H3. The van der Waals surface area contributed by atoms with Crippen molar-refractivity contribution in [3.05, 3.63) is 29.6 Å². The molecule has 19 heavy (non-hydrogen) atoms. The highest BCUT2D eigenvalue weighted by atomic mass is 19.1. The molecule has 1 aromatic rings. The van der Waals surface area contributed by atoms with Gasteiger partial charge in [0.1, 0.15) is 0 Å². The summed E-state index contributed by atoms with van der Waals surface area (Å²) < 4.78 is 24.1. The summed E-state index contributed by atoms with van der Waals surface area (Å²) in [6.07, 6.45) is 2.87. The second-order valence-corrected chi connectivity index (χ2v) is 4.49. The van der Waals surface area contributed by atoms with Gasteiger partial charge in [0.25, 0.3) is 0 Å². The molecule has 0 atom stereocenters. The molecular weight excluding hydrogens is 245 g/mol. The van der Waals surface area contributed by atoms with Gasteiger partial charge in [0.15, 0.2) is 11.6 Å². The Hall–Kier alpha value is -1.13. The lowest BCUT2D eigenvalue weighted by Crippen LogP contribution is -2.13. The van der Waals surface area contributed by atoms with E-state index in [1.807, 2.05) is 6.07 Å².